The van der Waals surface area contributed by atoms with Gasteiger partial charge in [-0.1, -0.05) is 6.07 Å². The van der Waals surface area contributed by atoms with Crippen LogP contribution in [0.25, 0.3) is 0 Å². The summed E-state index contributed by atoms with van der Waals surface area (Å²) < 4.78 is 10.6. The number of amides is 4. The Bertz CT molecular complexity index is 973. The fourth-order valence-electron chi connectivity index (χ4n) is 3.37. The number of carbonyl (C=O) groups excluding carboxylic acids is 3. The minimum absolute atomic E-state index is 0.386. The Hall–Kier alpha value is -3.55. The fourth-order valence-corrected chi connectivity index (χ4v) is 3.37. The van der Waals surface area contributed by atoms with Gasteiger partial charge >= 0.3 is 6.03 Å². The van der Waals surface area contributed by atoms with Crippen molar-refractivity contribution >= 4 is 23.5 Å². The third-order valence-electron chi connectivity index (χ3n) is 5.00. The maximum atomic E-state index is 13.0. The van der Waals surface area contributed by atoms with Gasteiger partial charge in [-0.25, -0.2) is 4.79 Å². The monoisotopic (exact) mass is 411 g/mol. The number of aryl methyl sites for hydroxylation is 1. The highest BCUT2D eigenvalue weighted by atomic mass is 16.5. The molecule has 3 rings (SSSR count). The first-order valence-electron chi connectivity index (χ1n) is 9.60. The molecule has 0 bridgehead atoms. The molecule has 2 N–H and O–H groups in total. The van der Waals surface area contributed by atoms with Crippen molar-refractivity contribution < 1.29 is 23.9 Å². The number of imide groups is 1. The minimum Gasteiger partial charge on any atom is -0.496 e. The first-order valence-corrected chi connectivity index (χ1v) is 9.60. The van der Waals surface area contributed by atoms with Gasteiger partial charge in [0.15, 0.2) is 0 Å². The van der Waals surface area contributed by atoms with E-state index in [0.29, 0.717) is 29.4 Å². The Morgan fingerprint density at radius 3 is 2.47 bits per heavy atom. The molecule has 4 amide bonds. The Kier molecular flexibility index (Phi) is 5.96. The number of benzene rings is 2. The molecule has 1 heterocycles. The van der Waals surface area contributed by atoms with E-state index in [1.807, 2.05) is 13.8 Å². The molecule has 2 aromatic carbocycles. The van der Waals surface area contributed by atoms with Crippen molar-refractivity contribution in [2.45, 2.75) is 26.3 Å². The molecule has 0 aromatic heterocycles. The number of rotatable bonds is 7. The quantitative estimate of drug-likeness (QED) is 0.683. The van der Waals surface area contributed by atoms with Crippen LogP contribution in [0.3, 0.4) is 0 Å². The number of nitrogens with zero attached hydrogens (tertiary/aromatic N) is 1. The number of carbonyl (C=O) groups is 3. The Labute approximate surface area is 175 Å². The van der Waals surface area contributed by atoms with Crippen molar-refractivity contribution in [2.75, 3.05) is 25.6 Å². The number of hydrogen-bond acceptors (Lipinski definition) is 5. The zero-order chi connectivity index (χ0) is 21.9. The van der Waals surface area contributed by atoms with E-state index in [1.54, 1.807) is 56.5 Å². The van der Waals surface area contributed by atoms with Gasteiger partial charge in [-0.3, -0.25) is 14.5 Å². The van der Waals surface area contributed by atoms with E-state index < -0.39 is 23.4 Å². The minimum atomic E-state index is -1.26. The van der Waals surface area contributed by atoms with Crippen molar-refractivity contribution in [1.29, 1.82) is 0 Å². The largest absolute Gasteiger partial charge is 0.496 e. The molecular formula is C22H25N3O5. The lowest BCUT2D eigenvalue weighted by Gasteiger charge is -2.23. The summed E-state index contributed by atoms with van der Waals surface area (Å²) in [5.74, 6) is 0.414. The van der Waals surface area contributed by atoms with E-state index in [9.17, 15) is 14.4 Å². The maximum absolute atomic E-state index is 13.0. The van der Waals surface area contributed by atoms with E-state index in [0.717, 1.165) is 10.5 Å². The molecule has 1 fully saturated rings. The Balaban J connectivity index is 1.71. The van der Waals surface area contributed by atoms with Gasteiger partial charge in [0, 0.05) is 5.69 Å². The van der Waals surface area contributed by atoms with Gasteiger partial charge in [-0.2, -0.15) is 0 Å². The SMILES string of the molecule is CCOc1ccc(NC(=O)CN2C(=O)NC(C)(c3ccc(OC)c(C)c3)C2=O)cc1. The van der Waals surface area contributed by atoms with Gasteiger partial charge in [-0.05, 0) is 68.3 Å². The highest BCUT2D eigenvalue weighted by Crippen LogP contribution is 2.31. The molecule has 1 aliphatic heterocycles. The van der Waals surface area contributed by atoms with Crippen LogP contribution in [-0.2, 0) is 15.1 Å². The second kappa shape index (κ2) is 8.44. The molecule has 0 spiro atoms. The van der Waals surface area contributed by atoms with E-state index in [4.69, 9.17) is 9.47 Å². The summed E-state index contributed by atoms with van der Waals surface area (Å²) in [6.45, 7) is 5.52. The van der Waals surface area contributed by atoms with Gasteiger partial charge in [0.05, 0.1) is 13.7 Å². The normalized spacial score (nSPS) is 18.2. The van der Waals surface area contributed by atoms with Gasteiger partial charge in [0.1, 0.15) is 23.6 Å². The second-order valence-corrected chi connectivity index (χ2v) is 7.14. The lowest BCUT2D eigenvalue weighted by Crippen LogP contribution is -2.42. The molecule has 0 radical (unpaired) electrons. The van der Waals surface area contributed by atoms with Crippen LogP contribution in [0.1, 0.15) is 25.0 Å². The van der Waals surface area contributed by atoms with E-state index in [-0.39, 0.29) is 6.54 Å². The zero-order valence-corrected chi connectivity index (χ0v) is 17.4. The summed E-state index contributed by atoms with van der Waals surface area (Å²) in [6.07, 6.45) is 0. The molecule has 8 heteroatoms. The summed E-state index contributed by atoms with van der Waals surface area (Å²) in [5, 5.41) is 5.39. The first-order chi connectivity index (χ1) is 14.3. The van der Waals surface area contributed by atoms with Gasteiger partial charge in [0.25, 0.3) is 5.91 Å². The van der Waals surface area contributed by atoms with Crippen molar-refractivity contribution in [2.24, 2.45) is 0 Å². The molecule has 30 heavy (non-hydrogen) atoms. The third kappa shape index (κ3) is 4.07. The first kappa shape index (κ1) is 21.2. The number of nitrogens with one attached hydrogen (secondary N) is 2. The maximum Gasteiger partial charge on any atom is 0.325 e. The molecule has 1 unspecified atom stereocenters. The summed E-state index contributed by atoms with van der Waals surface area (Å²) in [4.78, 5) is 38.8. The van der Waals surface area contributed by atoms with Crippen LogP contribution in [0.5, 0.6) is 11.5 Å². The van der Waals surface area contributed by atoms with Crippen LogP contribution in [0, 0.1) is 6.92 Å². The smallest absolute Gasteiger partial charge is 0.325 e. The molecule has 8 nitrogen and oxygen atoms in total. The van der Waals surface area contributed by atoms with Crippen LogP contribution >= 0.6 is 0 Å². The number of methoxy groups -OCH3 is 1. The van der Waals surface area contributed by atoms with Crippen LogP contribution in [0.2, 0.25) is 0 Å². The topological polar surface area (TPSA) is 97.0 Å². The van der Waals surface area contributed by atoms with Crippen LogP contribution in [0.4, 0.5) is 10.5 Å². The average molecular weight is 411 g/mol. The van der Waals surface area contributed by atoms with Crippen LogP contribution in [0.15, 0.2) is 42.5 Å². The highest BCUT2D eigenvalue weighted by Gasteiger charge is 2.49. The Morgan fingerprint density at radius 1 is 1.17 bits per heavy atom. The molecule has 2 aromatic rings. The van der Waals surface area contributed by atoms with E-state index in [1.165, 1.54) is 0 Å². The third-order valence-corrected chi connectivity index (χ3v) is 5.00. The molecule has 158 valence electrons. The molecule has 1 saturated heterocycles. The summed E-state index contributed by atoms with van der Waals surface area (Å²) in [5.41, 5.74) is 0.746. The Morgan fingerprint density at radius 2 is 1.87 bits per heavy atom. The second-order valence-electron chi connectivity index (χ2n) is 7.14. The molecule has 1 aliphatic rings. The summed E-state index contributed by atoms with van der Waals surface area (Å²) in [7, 11) is 1.57. The molecular weight excluding hydrogens is 386 g/mol. The zero-order valence-electron chi connectivity index (χ0n) is 17.4. The predicted molar refractivity (Wildman–Crippen MR) is 112 cm³/mol. The van der Waals surface area contributed by atoms with Crippen molar-refractivity contribution in [3.05, 3.63) is 53.6 Å². The van der Waals surface area contributed by atoms with Crippen molar-refractivity contribution in [3.63, 3.8) is 0 Å². The number of anilines is 1. The summed E-state index contributed by atoms with van der Waals surface area (Å²) >= 11 is 0. The van der Waals surface area contributed by atoms with Crippen LogP contribution in [-0.4, -0.2) is 43.0 Å². The lowest BCUT2D eigenvalue weighted by molar-refractivity contribution is -0.133. The van der Waals surface area contributed by atoms with Gasteiger partial charge < -0.3 is 20.1 Å². The number of ether oxygens (including phenoxy) is 2. The number of hydrogen-bond donors (Lipinski definition) is 2. The highest BCUT2D eigenvalue weighted by molar-refractivity contribution is 6.10. The molecule has 0 saturated carbocycles. The van der Waals surface area contributed by atoms with E-state index in [2.05, 4.69) is 10.6 Å². The van der Waals surface area contributed by atoms with Crippen molar-refractivity contribution in [3.8, 4) is 11.5 Å². The van der Waals surface area contributed by atoms with Gasteiger partial charge in [0.2, 0.25) is 5.91 Å². The van der Waals surface area contributed by atoms with Crippen LogP contribution < -0.4 is 20.1 Å². The molecule has 0 aliphatic carbocycles. The molecule has 1 atom stereocenters. The standard InChI is InChI=1S/C22H25N3O5/c1-5-30-17-9-7-16(8-10-17)23-19(26)13-25-20(27)22(3,24-21(25)28)15-6-11-18(29-4)14(2)12-15/h6-12H,5,13H2,1-4H3,(H,23,26)(H,24,28). The summed E-state index contributed by atoms with van der Waals surface area (Å²) in [6, 6.07) is 11.5. The van der Waals surface area contributed by atoms with Gasteiger partial charge in [-0.15, -0.1) is 0 Å². The lowest BCUT2D eigenvalue weighted by atomic mass is 9.90. The fraction of sp³-hybridized carbons (Fsp3) is 0.318. The predicted octanol–water partition coefficient (Wildman–Crippen LogP) is 2.81. The number of urea groups is 1. The van der Waals surface area contributed by atoms with E-state index >= 15 is 0 Å². The van der Waals surface area contributed by atoms with Crippen molar-refractivity contribution in [1.82, 2.24) is 10.2 Å². The average Bonchev–Trinajstić information content (AvgIpc) is 2.93.